The van der Waals surface area contributed by atoms with Crippen LogP contribution < -0.4 is 5.32 Å². The van der Waals surface area contributed by atoms with E-state index >= 15 is 0 Å². The zero-order valence-corrected chi connectivity index (χ0v) is 20.2. The highest BCUT2D eigenvalue weighted by Crippen LogP contribution is 2.21. The lowest BCUT2D eigenvalue weighted by Crippen LogP contribution is -2.41. The molecule has 0 saturated heterocycles. The molecule has 0 heterocycles. The van der Waals surface area contributed by atoms with Gasteiger partial charge in [-0.3, -0.25) is 4.79 Å². The van der Waals surface area contributed by atoms with Crippen LogP contribution in [0.3, 0.4) is 0 Å². The Kier molecular flexibility index (Phi) is 7.82. The Hall–Kier alpha value is -2.55. The van der Waals surface area contributed by atoms with Gasteiger partial charge in [0.15, 0.2) is 0 Å². The van der Waals surface area contributed by atoms with Gasteiger partial charge in [0.25, 0.3) is 0 Å². The number of aryl methyl sites for hydroxylation is 1. The van der Waals surface area contributed by atoms with E-state index < -0.39 is 21.7 Å². The third-order valence-electron chi connectivity index (χ3n) is 4.98. The zero-order chi connectivity index (χ0) is 23.3. The van der Waals surface area contributed by atoms with Crippen LogP contribution in [0.5, 0.6) is 0 Å². The first kappa shape index (κ1) is 24.1. The summed E-state index contributed by atoms with van der Waals surface area (Å²) in [4.78, 5) is 12.9. The Morgan fingerprint density at radius 3 is 2.34 bits per heavy atom. The molecule has 1 atom stereocenters. The first-order chi connectivity index (χ1) is 15.1. The van der Waals surface area contributed by atoms with Gasteiger partial charge in [-0.1, -0.05) is 57.9 Å². The van der Waals surface area contributed by atoms with Crippen molar-refractivity contribution in [3.63, 3.8) is 0 Å². The van der Waals surface area contributed by atoms with Crippen LogP contribution in [0, 0.1) is 12.7 Å². The summed E-state index contributed by atoms with van der Waals surface area (Å²) in [5.41, 5.74) is 2.39. The SMILES string of the molecule is Cc1ccc(S(=O)(=O)N(CC(=O)N[C@H](C)c2cccc(Br)c2)Cc2ccc(F)cc2)cc1. The molecule has 0 bridgehead atoms. The van der Waals surface area contributed by atoms with Gasteiger partial charge in [0, 0.05) is 11.0 Å². The zero-order valence-electron chi connectivity index (χ0n) is 17.8. The molecule has 5 nitrogen and oxygen atoms in total. The second kappa shape index (κ2) is 10.4. The molecule has 3 aromatic carbocycles. The molecule has 32 heavy (non-hydrogen) atoms. The van der Waals surface area contributed by atoms with E-state index in [1.54, 1.807) is 12.1 Å². The van der Waals surface area contributed by atoms with Crippen LogP contribution in [0.25, 0.3) is 0 Å². The van der Waals surface area contributed by atoms with E-state index in [9.17, 15) is 17.6 Å². The van der Waals surface area contributed by atoms with Gasteiger partial charge in [0.2, 0.25) is 15.9 Å². The van der Waals surface area contributed by atoms with Crippen molar-refractivity contribution in [2.45, 2.75) is 31.3 Å². The van der Waals surface area contributed by atoms with Crippen LogP contribution in [0.15, 0.2) is 82.2 Å². The number of sulfonamides is 1. The lowest BCUT2D eigenvalue weighted by molar-refractivity contribution is -0.122. The Bertz CT molecular complexity index is 1180. The van der Waals surface area contributed by atoms with Crippen LogP contribution in [0.2, 0.25) is 0 Å². The van der Waals surface area contributed by atoms with E-state index in [2.05, 4.69) is 21.2 Å². The molecule has 0 saturated carbocycles. The van der Waals surface area contributed by atoms with Crippen LogP contribution in [0.4, 0.5) is 4.39 Å². The van der Waals surface area contributed by atoms with Gasteiger partial charge in [-0.2, -0.15) is 4.31 Å². The largest absolute Gasteiger partial charge is 0.348 e. The minimum absolute atomic E-state index is 0.0603. The summed E-state index contributed by atoms with van der Waals surface area (Å²) in [7, 11) is -3.96. The van der Waals surface area contributed by atoms with Crippen LogP contribution in [-0.2, 0) is 21.4 Å². The van der Waals surface area contributed by atoms with Gasteiger partial charge in [-0.25, -0.2) is 12.8 Å². The number of carbonyl (C=O) groups excluding carboxylic acids is 1. The van der Waals surface area contributed by atoms with Gasteiger partial charge in [-0.15, -0.1) is 0 Å². The smallest absolute Gasteiger partial charge is 0.243 e. The van der Waals surface area contributed by atoms with Crippen molar-refractivity contribution in [1.82, 2.24) is 9.62 Å². The predicted octanol–water partition coefficient (Wildman–Crippen LogP) is 4.96. The quantitative estimate of drug-likeness (QED) is 0.458. The average Bonchev–Trinajstić information content (AvgIpc) is 2.75. The van der Waals surface area contributed by atoms with E-state index in [4.69, 9.17) is 0 Å². The first-order valence-corrected chi connectivity index (χ1v) is 12.2. The molecule has 3 aromatic rings. The molecule has 0 aliphatic heterocycles. The van der Waals surface area contributed by atoms with E-state index in [1.165, 1.54) is 36.4 Å². The molecular weight excluding hydrogens is 495 g/mol. The van der Waals surface area contributed by atoms with E-state index in [-0.39, 0.29) is 24.0 Å². The third kappa shape index (κ3) is 6.25. The highest BCUT2D eigenvalue weighted by Gasteiger charge is 2.27. The second-order valence-corrected chi connectivity index (χ2v) is 10.4. The molecule has 1 N–H and O–H groups in total. The summed E-state index contributed by atoms with van der Waals surface area (Å²) in [6.45, 7) is 3.27. The molecule has 168 valence electrons. The van der Waals surface area contributed by atoms with E-state index in [1.807, 2.05) is 38.1 Å². The van der Waals surface area contributed by atoms with Crippen LogP contribution in [-0.4, -0.2) is 25.2 Å². The molecule has 3 rings (SSSR count). The van der Waals surface area contributed by atoms with Crippen molar-refractivity contribution < 1.29 is 17.6 Å². The Labute approximate surface area is 196 Å². The minimum Gasteiger partial charge on any atom is -0.348 e. The van der Waals surface area contributed by atoms with Crippen molar-refractivity contribution in [2.75, 3.05) is 6.54 Å². The van der Waals surface area contributed by atoms with Gasteiger partial charge in [-0.05, 0) is 61.4 Å². The van der Waals surface area contributed by atoms with Crippen molar-refractivity contribution in [1.29, 1.82) is 0 Å². The van der Waals surface area contributed by atoms with Crippen LogP contribution in [0.1, 0.15) is 29.7 Å². The summed E-state index contributed by atoms with van der Waals surface area (Å²) in [5, 5.41) is 2.86. The fourth-order valence-electron chi connectivity index (χ4n) is 3.19. The van der Waals surface area contributed by atoms with E-state index in [0.29, 0.717) is 5.56 Å². The Morgan fingerprint density at radius 2 is 1.72 bits per heavy atom. The average molecular weight is 519 g/mol. The van der Waals surface area contributed by atoms with Crippen molar-refractivity contribution in [3.8, 4) is 0 Å². The Morgan fingerprint density at radius 1 is 1.06 bits per heavy atom. The second-order valence-electron chi connectivity index (χ2n) is 7.56. The van der Waals surface area contributed by atoms with Gasteiger partial charge in [0.1, 0.15) is 5.82 Å². The topological polar surface area (TPSA) is 66.5 Å². The molecule has 0 aliphatic rings. The molecule has 1 amide bonds. The molecule has 0 radical (unpaired) electrons. The van der Waals surface area contributed by atoms with Crippen molar-refractivity contribution >= 4 is 31.9 Å². The summed E-state index contributed by atoms with van der Waals surface area (Å²) < 4.78 is 41.9. The normalized spacial score (nSPS) is 12.5. The van der Waals surface area contributed by atoms with Gasteiger partial charge in [0.05, 0.1) is 17.5 Å². The number of hydrogen-bond donors (Lipinski definition) is 1. The monoisotopic (exact) mass is 518 g/mol. The highest BCUT2D eigenvalue weighted by molar-refractivity contribution is 9.10. The van der Waals surface area contributed by atoms with Crippen LogP contribution >= 0.6 is 15.9 Å². The number of carbonyl (C=O) groups is 1. The number of hydrogen-bond acceptors (Lipinski definition) is 3. The summed E-state index contributed by atoms with van der Waals surface area (Å²) in [6, 6.07) is 19.2. The molecule has 0 unspecified atom stereocenters. The number of nitrogens with one attached hydrogen (secondary N) is 1. The number of amides is 1. The maximum Gasteiger partial charge on any atom is 0.243 e. The first-order valence-electron chi connectivity index (χ1n) is 10.0. The molecular formula is C24H24BrFN2O3S. The fraction of sp³-hybridized carbons (Fsp3) is 0.208. The molecule has 0 fully saturated rings. The predicted molar refractivity (Wildman–Crippen MR) is 126 cm³/mol. The Balaban J connectivity index is 1.83. The number of benzene rings is 3. The maximum absolute atomic E-state index is 13.3. The number of halogens is 2. The summed E-state index contributed by atoms with van der Waals surface area (Å²) in [5.74, 6) is -0.849. The van der Waals surface area contributed by atoms with Gasteiger partial charge >= 0.3 is 0 Å². The standard InChI is InChI=1S/C24H24BrFN2O3S/c1-17-6-12-23(13-7-17)32(30,31)28(15-19-8-10-22(26)11-9-19)16-24(29)27-18(2)20-4-3-5-21(25)14-20/h3-14,18H,15-16H2,1-2H3,(H,27,29)/t18-/m1/s1. The molecule has 0 aliphatic carbocycles. The van der Waals surface area contributed by atoms with Gasteiger partial charge < -0.3 is 5.32 Å². The number of nitrogens with zero attached hydrogens (tertiary/aromatic N) is 1. The summed E-state index contributed by atoms with van der Waals surface area (Å²) >= 11 is 3.41. The van der Waals surface area contributed by atoms with Crippen molar-refractivity contribution in [3.05, 3.63) is 99.8 Å². The minimum atomic E-state index is -3.96. The lowest BCUT2D eigenvalue weighted by Gasteiger charge is -2.23. The lowest BCUT2D eigenvalue weighted by atomic mass is 10.1. The molecule has 0 aromatic heterocycles. The highest BCUT2D eigenvalue weighted by atomic mass is 79.9. The van der Waals surface area contributed by atoms with E-state index in [0.717, 1.165) is 19.9 Å². The maximum atomic E-state index is 13.3. The number of rotatable bonds is 8. The van der Waals surface area contributed by atoms with Crippen molar-refractivity contribution in [2.24, 2.45) is 0 Å². The third-order valence-corrected chi connectivity index (χ3v) is 7.28. The fourth-order valence-corrected chi connectivity index (χ4v) is 4.99. The molecule has 0 spiro atoms. The summed E-state index contributed by atoms with van der Waals surface area (Å²) in [6.07, 6.45) is 0. The molecule has 8 heteroatoms.